The minimum atomic E-state index is -0.124. The fourth-order valence-corrected chi connectivity index (χ4v) is 1.97. The Morgan fingerprint density at radius 3 is 2.74 bits per heavy atom. The Morgan fingerprint density at radius 1 is 1.37 bits per heavy atom. The Morgan fingerprint density at radius 2 is 2.11 bits per heavy atom. The summed E-state index contributed by atoms with van der Waals surface area (Å²) in [5.74, 6) is -0.124. The number of anilines is 1. The second-order valence-electron chi connectivity index (χ2n) is 4.08. The number of amides is 1. The molecule has 0 heterocycles. The molecule has 0 aromatic heterocycles. The molecule has 0 radical (unpaired) electrons. The van der Waals surface area contributed by atoms with Gasteiger partial charge in [0.05, 0.1) is 17.3 Å². The molecule has 1 amide bonds. The Bertz CT molecular complexity index is 427. The van der Waals surface area contributed by atoms with Crippen molar-refractivity contribution < 1.29 is 9.90 Å². The van der Waals surface area contributed by atoms with Crippen LogP contribution in [-0.4, -0.2) is 42.2 Å². The molecule has 0 spiro atoms. The molecule has 1 rings (SSSR count). The number of nitrogens with one attached hydrogen (secondary N) is 1. The first kappa shape index (κ1) is 16.2. The Hall–Kier alpha value is -0.810. The standard InChI is InChI=1S/C13H18Cl2N2O2/c1-2-17(7-8-18)6-5-13(19)16-12-9-10(14)3-4-11(12)15/h3-4,9,18H,2,5-8H2,1H3,(H,16,19). The van der Waals surface area contributed by atoms with Crippen molar-refractivity contribution in [3.63, 3.8) is 0 Å². The summed E-state index contributed by atoms with van der Waals surface area (Å²) in [5, 5.41) is 12.6. The van der Waals surface area contributed by atoms with Gasteiger partial charge < -0.3 is 15.3 Å². The number of aliphatic hydroxyl groups excluding tert-OH is 1. The van der Waals surface area contributed by atoms with E-state index in [0.717, 1.165) is 6.54 Å². The highest BCUT2D eigenvalue weighted by Crippen LogP contribution is 2.25. The van der Waals surface area contributed by atoms with E-state index in [9.17, 15) is 4.79 Å². The molecule has 0 saturated heterocycles. The molecule has 1 aromatic carbocycles. The molecule has 0 atom stereocenters. The van der Waals surface area contributed by atoms with Crippen LogP contribution in [0.5, 0.6) is 0 Å². The number of hydrogen-bond acceptors (Lipinski definition) is 3. The predicted molar refractivity (Wildman–Crippen MR) is 78.9 cm³/mol. The van der Waals surface area contributed by atoms with Gasteiger partial charge in [0.1, 0.15) is 0 Å². The smallest absolute Gasteiger partial charge is 0.225 e. The molecule has 6 heteroatoms. The van der Waals surface area contributed by atoms with Crippen molar-refractivity contribution in [3.05, 3.63) is 28.2 Å². The maximum absolute atomic E-state index is 11.8. The van der Waals surface area contributed by atoms with Gasteiger partial charge in [0.15, 0.2) is 0 Å². The molecule has 19 heavy (non-hydrogen) atoms. The van der Waals surface area contributed by atoms with Crippen LogP contribution in [0.2, 0.25) is 10.0 Å². The maximum Gasteiger partial charge on any atom is 0.225 e. The Balaban J connectivity index is 2.48. The Labute approximate surface area is 123 Å². The molecule has 0 bridgehead atoms. The number of likely N-dealkylation sites (N-methyl/N-ethyl adjacent to an activating group) is 1. The molecule has 0 aliphatic carbocycles. The maximum atomic E-state index is 11.8. The van der Waals surface area contributed by atoms with Crippen molar-refractivity contribution in [2.24, 2.45) is 0 Å². The molecule has 0 saturated carbocycles. The van der Waals surface area contributed by atoms with Gasteiger partial charge in [-0.1, -0.05) is 30.1 Å². The molecule has 0 aliphatic rings. The minimum absolute atomic E-state index is 0.0928. The highest BCUT2D eigenvalue weighted by molar-refractivity contribution is 6.35. The number of nitrogens with zero attached hydrogens (tertiary/aromatic N) is 1. The molecular formula is C13H18Cl2N2O2. The van der Waals surface area contributed by atoms with Crippen LogP contribution in [0.15, 0.2) is 18.2 Å². The van der Waals surface area contributed by atoms with Crippen LogP contribution in [-0.2, 0) is 4.79 Å². The molecular weight excluding hydrogens is 287 g/mol. The quantitative estimate of drug-likeness (QED) is 0.814. The third-order valence-electron chi connectivity index (χ3n) is 2.72. The van der Waals surface area contributed by atoms with Crippen molar-refractivity contribution in [1.82, 2.24) is 4.90 Å². The van der Waals surface area contributed by atoms with Gasteiger partial charge in [-0.05, 0) is 24.7 Å². The van der Waals surface area contributed by atoms with Gasteiger partial charge in [-0.15, -0.1) is 0 Å². The van der Waals surface area contributed by atoms with E-state index in [0.29, 0.717) is 35.2 Å². The third kappa shape index (κ3) is 5.78. The van der Waals surface area contributed by atoms with Crippen LogP contribution in [0, 0.1) is 0 Å². The van der Waals surface area contributed by atoms with E-state index in [-0.39, 0.29) is 12.5 Å². The number of carbonyl (C=O) groups excluding carboxylic acids is 1. The van der Waals surface area contributed by atoms with Gasteiger partial charge in [0.2, 0.25) is 5.91 Å². The number of benzene rings is 1. The zero-order chi connectivity index (χ0) is 14.3. The van der Waals surface area contributed by atoms with Gasteiger partial charge in [-0.2, -0.15) is 0 Å². The van der Waals surface area contributed by atoms with Crippen LogP contribution in [0.3, 0.4) is 0 Å². The number of carbonyl (C=O) groups is 1. The first-order chi connectivity index (χ1) is 9.06. The van der Waals surface area contributed by atoms with Crippen molar-refractivity contribution in [3.8, 4) is 0 Å². The van der Waals surface area contributed by atoms with Crippen LogP contribution < -0.4 is 5.32 Å². The van der Waals surface area contributed by atoms with E-state index in [4.69, 9.17) is 28.3 Å². The molecule has 2 N–H and O–H groups in total. The molecule has 0 aliphatic heterocycles. The fourth-order valence-electron chi connectivity index (χ4n) is 1.64. The lowest BCUT2D eigenvalue weighted by Crippen LogP contribution is -2.30. The molecule has 4 nitrogen and oxygen atoms in total. The summed E-state index contributed by atoms with van der Waals surface area (Å²) in [6.45, 7) is 4.05. The average Bonchev–Trinajstić information content (AvgIpc) is 2.39. The zero-order valence-electron chi connectivity index (χ0n) is 10.8. The average molecular weight is 305 g/mol. The summed E-state index contributed by atoms with van der Waals surface area (Å²) in [6, 6.07) is 4.93. The number of rotatable bonds is 7. The van der Waals surface area contributed by atoms with Gasteiger partial charge in [0, 0.05) is 24.5 Å². The minimum Gasteiger partial charge on any atom is -0.395 e. The highest BCUT2D eigenvalue weighted by atomic mass is 35.5. The second kappa shape index (κ2) is 8.38. The van der Waals surface area contributed by atoms with Crippen LogP contribution in [0.1, 0.15) is 13.3 Å². The first-order valence-corrected chi connectivity index (χ1v) is 6.90. The highest BCUT2D eigenvalue weighted by Gasteiger charge is 2.09. The topological polar surface area (TPSA) is 52.6 Å². The number of aliphatic hydroxyl groups is 1. The van der Waals surface area contributed by atoms with Crippen molar-refractivity contribution in [2.75, 3.05) is 31.6 Å². The Kier molecular flexibility index (Phi) is 7.16. The summed E-state index contributed by atoms with van der Waals surface area (Å²) in [5.41, 5.74) is 0.518. The van der Waals surface area contributed by atoms with Gasteiger partial charge in [0.25, 0.3) is 0 Å². The summed E-state index contributed by atoms with van der Waals surface area (Å²) >= 11 is 11.8. The van der Waals surface area contributed by atoms with E-state index < -0.39 is 0 Å². The lowest BCUT2D eigenvalue weighted by molar-refractivity contribution is -0.116. The van der Waals surface area contributed by atoms with E-state index >= 15 is 0 Å². The van der Waals surface area contributed by atoms with Gasteiger partial charge in [-0.25, -0.2) is 0 Å². The SMILES string of the molecule is CCN(CCO)CCC(=O)Nc1cc(Cl)ccc1Cl. The summed E-state index contributed by atoms with van der Waals surface area (Å²) in [7, 11) is 0. The summed E-state index contributed by atoms with van der Waals surface area (Å²) in [4.78, 5) is 13.8. The number of halogens is 2. The fraction of sp³-hybridized carbons (Fsp3) is 0.462. The zero-order valence-corrected chi connectivity index (χ0v) is 12.3. The molecule has 0 fully saturated rings. The van der Waals surface area contributed by atoms with Crippen LogP contribution in [0.25, 0.3) is 0 Å². The van der Waals surface area contributed by atoms with Crippen molar-refractivity contribution >= 4 is 34.8 Å². The second-order valence-corrected chi connectivity index (χ2v) is 4.92. The summed E-state index contributed by atoms with van der Waals surface area (Å²) < 4.78 is 0. The van der Waals surface area contributed by atoms with Gasteiger partial charge in [-0.3, -0.25) is 4.79 Å². The molecule has 1 aromatic rings. The lowest BCUT2D eigenvalue weighted by Gasteiger charge is -2.18. The largest absolute Gasteiger partial charge is 0.395 e. The first-order valence-electron chi connectivity index (χ1n) is 6.15. The molecule has 0 unspecified atom stereocenters. The predicted octanol–water partition coefficient (Wildman–Crippen LogP) is 2.64. The normalized spacial score (nSPS) is 10.8. The van der Waals surface area contributed by atoms with Crippen LogP contribution in [0.4, 0.5) is 5.69 Å². The van der Waals surface area contributed by atoms with Crippen molar-refractivity contribution in [2.45, 2.75) is 13.3 Å². The lowest BCUT2D eigenvalue weighted by atomic mass is 10.3. The monoisotopic (exact) mass is 304 g/mol. The van der Waals surface area contributed by atoms with E-state index in [1.54, 1.807) is 18.2 Å². The third-order valence-corrected chi connectivity index (χ3v) is 3.29. The van der Waals surface area contributed by atoms with Gasteiger partial charge >= 0.3 is 0 Å². The van der Waals surface area contributed by atoms with E-state index in [1.165, 1.54) is 0 Å². The number of hydrogen-bond donors (Lipinski definition) is 2. The van der Waals surface area contributed by atoms with Crippen LogP contribution >= 0.6 is 23.2 Å². The van der Waals surface area contributed by atoms with E-state index in [2.05, 4.69) is 5.32 Å². The van der Waals surface area contributed by atoms with E-state index in [1.807, 2.05) is 11.8 Å². The molecule has 106 valence electrons. The summed E-state index contributed by atoms with van der Waals surface area (Å²) in [6.07, 6.45) is 0.344. The van der Waals surface area contributed by atoms with Crippen molar-refractivity contribution in [1.29, 1.82) is 0 Å².